The molecule has 0 spiro atoms. The van der Waals surface area contributed by atoms with Crippen molar-refractivity contribution in [3.63, 3.8) is 0 Å². The van der Waals surface area contributed by atoms with E-state index in [4.69, 9.17) is 11.6 Å². The fourth-order valence-corrected chi connectivity index (χ4v) is 0.978. The summed E-state index contributed by atoms with van der Waals surface area (Å²) in [6.07, 6.45) is 6.77. The van der Waals surface area contributed by atoms with E-state index < -0.39 is 0 Å². The summed E-state index contributed by atoms with van der Waals surface area (Å²) in [5.74, 6) is 0.686. The van der Waals surface area contributed by atoms with E-state index in [1.165, 1.54) is 12.8 Å². The van der Waals surface area contributed by atoms with E-state index in [0.717, 1.165) is 0 Å². The third-order valence-corrected chi connectivity index (χ3v) is 1.59. The zero-order valence-electron chi connectivity index (χ0n) is 7.10. The first-order chi connectivity index (χ1) is 4.66. The third-order valence-electron chi connectivity index (χ3n) is 1.45. The Hall–Kier alpha value is 0.0300. The zero-order valence-corrected chi connectivity index (χ0v) is 7.86. The van der Waals surface area contributed by atoms with Crippen molar-refractivity contribution in [2.45, 2.75) is 39.0 Å². The maximum absolute atomic E-state index is 5.74. The van der Waals surface area contributed by atoms with Gasteiger partial charge in [-0.3, -0.25) is 0 Å². The average molecular weight is 161 g/mol. The largest absolute Gasteiger partial charge is 0.119 e. The quantitative estimate of drug-likeness (QED) is 0.436. The van der Waals surface area contributed by atoms with Crippen molar-refractivity contribution in [2.75, 3.05) is 0 Å². The van der Waals surface area contributed by atoms with Gasteiger partial charge >= 0.3 is 0 Å². The number of allylic oxidation sites excluding steroid dienone is 2. The minimum absolute atomic E-state index is 0.180. The summed E-state index contributed by atoms with van der Waals surface area (Å²) in [4.78, 5) is 0. The van der Waals surface area contributed by atoms with Crippen LogP contribution in [0.4, 0.5) is 0 Å². The molecule has 10 heavy (non-hydrogen) atoms. The van der Waals surface area contributed by atoms with Crippen molar-refractivity contribution in [1.29, 1.82) is 0 Å². The van der Waals surface area contributed by atoms with Crippen LogP contribution in [0.1, 0.15) is 33.6 Å². The number of rotatable bonds is 4. The van der Waals surface area contributed by atoms with Gasteiger partial charge in [0.05, 0.1) is 0 Å². The highest BCUT2D eigenvalue weighted by molar-refractivity contribution is 6.21. The molecular formula is C9H17Cl. The van der Waals surface area contributed by atoms with Gasteiger partial charge in [-0.1, -0.05) is 32.4 Å². The highest BCUT2D eigenvalue weighted by Gasteiger charge is 1.94. The molecule has 60 valence electrons. The zero-order chi connectivity index (χ0) is 7.98. The summed E-state index contributed by atoms with van der Waals surface area (Å²) in [7, 11) is 0. The molecule has 2 unspecified atom stereocenters. The molecule has 0 saturated carbocycles. The van der Waals surface area contributed by atoms with Crippen LogP contribution < -0.4 is 0 Å². The second-order valence-corrected chi connectivity index (χ2v) is 3.52. The van der Waals surface area contributed by atoms with Crippen LogP contribution in [0.15, 0.2) is 12.2 Å². The molecule has 0 aliphatic carbocycles. The van der Waals surface area contributed by atoms with Gasteiger partial charge in [0.1, 0.15) is 0 Å². The summed E-state index contributed by atoms with van der Waals surface area (Å²) < 4.78 is 0. The van der Waals surface area contributed by atoms with Gasteiger partial charge < -0.3 is 0 Å². The molecule has 0 saturated heterocycles. The Kier molecular flexibility index (Phi) is 5.81. The van der Waals surface area contributed by atoms with E-state index >= 15 is 0 Å². The topological polar surface area (TPSA) is 0 Å². The smallest absolute Gasteiger partial charge is 0.0487 e. The SMILES string of the molecule is CCCC(C)/C=C/C(C)Cl. The fourth-order valence-electron chi connectivity index (χ4n) is 0.894. The monoisotopic (exact) mass is 160 g/mol. The molecule has 0 bridgehead atoms. The fraction of sp³-hybridized carbons (Fsp3) is 0.778. The number of alkyl halides is 1. The van der Waals surface area contributed by atoms with Crippen molar-refractivity contribution in [2.24, 2.45) is 5.92 Å². The molecule has 0 rings (SSSR count). The predicted molar refractivity (Wildman–Crippen MR) is 48.5 cm³/mol. The molecule has 2 atom stereocenters. The Morgan fingerprint density at radius 3 is 2.30 bits per heavy atom. The summed E-state index contributed by atoms with van der Waals surface area (Å²) in [6.45, 7) is 6.41. The Bertz CT molecular complexity index is 94.9. The molecule has 0 aromatic rings. The van der Waals surface area contributed by atoms with Gasteiger partial charge in [0.15, 0.2) is 0 Å². The second-order valence-electron chi connectivity index (χ2n) is 2.83. The minimum Gasteiger partial charge on any atom is -0.119 e. The lowest BCUT2D eigenvalue weighted by atomic mass is 10.1. The van der Waals surface area contributed by atoms with E-state index in [1.54, 1.807) is 0 Å². The van der Waals surface area contributed by atoms with Crippen LogP contribution in [0, 0.1) is 5.92 Å². The molecule has 0 aromatic carbocycles. The van der Waals surface area contributed by atoms with E-state index in [0.29, 0.717) is 5.92 Å². The first-order valence-electron chi connectivity index (χ1n) is 3.99. The minimum atomic E-state index is 0.180. The van der Waals surface area contributed by atoms with Gasteiger partial charge in [-0.25, -0.2) is 0 Å². The molecule has 0 N–H and O–H groups in total. The normalized spacial score (nSPS) is 17.6. The lowest BCUT2D eigenvalue weighted by Crippen LogP contribution is -1.90. The highest BCUT2D eigenvalue weighted by atomic mass is 35.5. The molecule has 0 aliphatic rings. The van der Waals surface area contributed by atoms with E-state index in [1.807, 2.05) is 6.92 Å². The van der Waals surface area contributed by atoms with Crippen LogP contribution in [-0.2, 0) is 0 Å². The maximum atomic E-state index is 5.74. The molecule has 0 amide bonds. The van der Waals surface area contributed by atoms with Gasteiger partial charge in [-0.05, 0) is 19.3 Å². The lowest BCUT2D eigenvalue weighted by molar-refractivity contribution is 0.632. The van der Waals surface area contributed by atoms with Crippen molar-refractivity contribution in [1.82, 2.24) is 0 Å². The van der Waals surface area contributed by atoms with Crippen LogP contribution in [0.25, 0.3) is 0 Å². The van der Waals surface area contributed by atoms with Crippen LogP contribution in [0.3, 0.4) is 0 Å². The third kappa shape index (κ3) is 6.15. The van der Waals surface area contributed by atoms with Gasteiger partial charge in [-0.2, -0.15) is 0 Å². The standard InChI is InChI=1S/C9H17Cl/c1-4-5-8(2)6-7-9(3)10/h6-9H,4-5H2,1-3H3/b7-6+. The number of hydrogen-bond donors (Lipinski definition) is 0. The first kappa shape index (κ1) is 10.0. The van der Waals surface area contributed by atoms with Crippen LogP contribution >= 0.6 is 11.6 Å². The van der Waals surface area contributed by atoms with Crippen LogP contribution in [-0.4, -0.2) is 5.38 Å². The molecule has 0 nitrogen and oxygen atoms in total. The second kappa shape index (κ2) is 5.79. The van der Waals surface area contributed by atoms with E-state index in [9.17, 15) is 0 Å². The molecule has 0 aliphatic heterocycles. The maximum Gasteiger partial charge on any atom is 0.0487 e. The predicted octanol–water partition coefficient (Wildman–Crippen LogP) is 3.61. The van der Waals surface area contributed by atoms with Crippen molar-refractivity contribution in [3.05, 3.63) is 12.2 Å². The van der Waals surface area contributed by atoms with Crippen LogP contribution in [0.2, 0.25) is 0 Å². The summed E-state index contributed by atoms with van der Waals surface area (Å²) >= 11 is 5.74. The molecule has 0 aromatic heterocycles. The van der Waals surface area contributed by atoms with E-state index in [-0.39, 0.29) is 5.38 Å². The van der Waals surface area contributed by atoms with Crippen molar-refractivity contribution in [3.8, 4) is 0 Å². The van der Waals surface area contributed by atoms with Gasteiger partial charge in [-0.15, -0.1) is 11.6 Å². The Balaban J connectivity index is 3.45. The average Bonchev–Trinajstić information content (AvgIpc) is 1.85. The highest BCUT2D eigenvalue weighted by Crippen LogP contribution is 2.07. The van der Waals surface area contributed by atoms with Gasteiger partial charge in [0, 0.05) is 5.38 Å². The van der Waals surface area contributed by atoms with Gasteiger partial charge in [0.2, 0.25) is 0 Å². The van der Waals surface area contributed by atoms with E-state index in [2.05, 4.69) is 26.0 Å². The molecular weight excluding hydrogens is 144 g/mol. The first-order valence-corrected chi connectivity index (χ1v) is 4.42. The van der Waals surface area contributed by atoms with Gasteiger partial charge in [0.25, 0.3) is 0 Å². The number of halogens is 1. The summed E-state index contributed by atoms with van der Waals surface area (Å²) in [5.41, 5.74) is 0. The lowest BCUT2D eigenvalue weighted by Gasteiger charge is -2.02. The van der Waals surface area contributed by atoms with Crippen molar-refractivity contribution >= 4 is 11.6 Å². The summed E-state index contributed by atoms with van der Waals surface area (Å²) in [6, 6.07) is 0. The Morgan fingerprint density at radius 2 is 1.90 bits per heavy atom. The molecule has 0 radical (unpaired) electrons. The Labute approximate surface area is 69.3 Å². The van der Waals surface area contributed by atoms with Crippen LogP contribution in [0.5, 0.6) is 0 Å². The number of hydrogen-bond acceptors (Lipinski definition) is 0. The Morgan fingerprint density at radius 1 is 1.30 bits per heavy atom. The molecule has 0 fully saturated rings. The summed E-state index contributed by atoms with van der Waals surface area (Å²) in [5, 5.41) is 0.180. The molecule has 0 heterocycles. The van der Waals surface area contributed by atoms with Crippen molar-refractivity contribution < 1.29 is 0 Å². The molecule has 1 heteroatoms.